The molecule has 1 unspecified atom stereocenters. The SMILES string of the molecule is CN(C)CCCOC(=O)C1SC(C)(C)c2ccccc21. The first-order chi connectivity index (χ1) is 9.42. The van der Waals surface area contributed by atoms with Gasteiger partial charge in [0, 0.05) is 11.3 Å². The average molecular weight is 293 g/mol. The fourth-order valence-electron chi connectivity index (χ4n) is 2.50. The number of benzene rings is 1. The molecular formula is C16H23NO2S. The van der Waals surface area contributed by atoms with Crippen molar-refractivity contribution in [2.45, 2.75) is 30.3 Å². The van der Waals surface area contributed by atoms with E-state index in [9.17, 15) is 4.79 Å². The van der Waals surface area contributed by atoms with E-state index in [-0.39, 0.29) is 16.0 Å². The van der Waals surface area contributed by atoms with Crippen molar-refractivity contribution in [2.75, 3.05) is 27.2 Å². The molecule has 1 aromatic carbocycles. The molecule has 0 saturated heterocycles. The van der Waals surface area contributed by atoms with Crippen molar-refractivity contribution >= 4 is 17.7 Å². The van der Waals surface area contributed by atoms with E-state index in [0.29, 0.717) is 6.61 Å². The van der Waals surface area contributed by atoms with Crippen LogP contribution in [-0.2, 0) is 14.3 Å². The lowest BCUT2D eigenvalue weighted by Gasteiger charge is -2.18. The highest BCUT2D eigenvalue weighted by molar-refractivity contribution is 8.01. The van der Waals surface area contributed by atoms with Crippen LogP contribution < -0.4 is 0 Å². The fraction of sp³-hybridized carbons (Fsp3) is 0.562. The van der Waals surface area contributed by atoms with E-state index in [1.807, 2.05) is 32.3 Å². The van der Waals surface area contributed by atoms with Crippen LogP contribution in [0.3, 0.4) is 0 Å². The topological polar surface area (TPSA) is 29.5 Å². The number of hydrogen-bond acceptors (Lipinski definition) is 4. The highest BCUT2D eigenvalue weighted by atomic mass is 32.2. The molecule has 1 aliphatic rings. The van der Waals surface area contributed by atoms with Gasteiger partial charge in [-0.25, -0.2) is 0 Å². The monoisotopic (exact) mass is 293 g/mol. The Hall–Kier alpha value is -1.00. The maximum Gasteiger partial charge on any atom is 0.323 e. The van der Waals surface area contributed by atoms with Gasteiger partial charge >= 0.3 is 5.97 Å². The summed E-state index contributed by atoms with van der Waals surface area (Å²) in [6.45, 7) is 5.76. The Bertz CT molecular complexity index is 485. The third kappa shape index (κ3) is 3.36. The van der Waals surface area contributed by atoms with Crippen LogP contribution in [0.2, 0.25) is 0 Å². The van der Waals surface area contributed by atoms with Gasteiger partial charge in [-0.1, -0.05) is 24.3 Å². The summed E-state index contributed by atoms with van der Waals surface area (Å²) in [6, 6.07) is 8.18. The largest absolute Gasteiger partial charge is 0.465 e. The van der Waals surface area contributed by atoms with Crippen molar-refractivity contribution in [2.24, 2.45) is 0 Å². The van der Waals surface area contributed by atoms with Crippen molar-refractivity contribution in [3.63, 3.8) is 0 Å². The second kappa shape index (κ2) is 6.19. The zero-order chi connectivity index (χ0) is 14.8. The summed E-state index contributed by atoms with van der Waals surface area (Å²) in [4.78, 5) is 14.4. The lowest BCUT2D eigenvalue weighted by atomic mass is 9.95. The Morgan fingerprint density at radius 1 is 1.35 bits per heavy atom. The minimum Gasteiger partial charge on any atom is -0.465 e. The van der Waals surface area contributed by atoms with Gasteiger partial charge < -0.3 is 9.64 Å². The Labute approximate surface area is 125 Å². The summed E-state index contributed by atoms with van der Waals surface area (Å²) in [5.74, 6) is -0.105. The Morgan fingerprint density at radius 2 is 2.05 bits per heavy atom. The molecule has 1 aliphatic heterocycles. The maximum atomic E-state index is 12.3. The predicted octanol–water partition coefficient (Wildman–Crippen LogP) is 3.20. The van der Waals surface area contributed by atoms with Crippen LogP contribution in [0.5, 0.6) is 0 Å². The van der Waals surface area contributed by atoms with Gasteiger partial charge in [0.15, 0.2) is 0 Å². The minimum absolute atomic E-state index is 0.0239. The van der Waals surface area contributed by atoms with Gasteiger partial charge in [-0.2, -0.15) is 0 Å². The smallest absolute Gasteiger partial charge is 0.323 e. The highest BCUT2D eigenvalue weighted by Gasteiger charge is 2.41. The van der Waals surface area contributed by atoms with Crippen LogP contribution in [0.1, 0.15) is 36.6 Å². The van der Waals surface area contributed by atoms with Crippen molar-refractivity contribution in [3.05, 3.63) is 35.4 Å². The first-order valence-corrected chi connectivity index (χ1v) is 7.88. The zero-order valence-corrected chi connectivity index (χ0v) is 13.5. The Morgan fingerprint density at radius 3 is 2.75 bits per heavy atom. The van der Waals surface area contributed by atoms with Gasteiger partial charge in [-0.15, -0.1) is 11.8 Å². The number of ether oxygens (including phenoxy) is 1. The molecule has 20 heavy (non-hydrogen) atoms. The van der Waals surface area contributed by atoms with Crippen LogP contribution in [-0.4, -0.2) is 38.1 Å². The molecule has 4 heteroatoms. The summed E-state index contributed by atoms with van der Waals surface area (Å²) in [5, 5.41) is -0.180. The third-order valence-corrected chi connectivity index (χ3v) is 5.00. The summed E-state index contributed by atoms with van der Waals surface area (Å²) in [6.07, 6.45) is 0.876. The second-order valence-electron chi connectivity index (χ2n) is 5.92. The van der Waals surface area contributed by atoms with E-state index >= 15 is 0 Å². The van der Waals surface area contributed by atoms with Gasteiger partial charge in [0.25, 0.3) is 0 Å². The van der Waals surface area contributed by atoms with Crippen LogP contribution >= 0.6 is 11.8 Å². The number of nitrogens with zero attached hydrogens (tertiary/aromatic N) is 1. The molecule has 0 saturated carbocycles. The van der Waals surface area contributed by atoms with Gasteiger partial charge in [0.1, 0.15) is 5.25 Å². The second-order valence-corrected chi connectivity index (χ2v) is 7.65. The predicted molar refractivity (Wildman–Crippen MR) is 83.9 cm³/mol. The van der Waals surface area contributed by atoms with Gasteiger partial charge in [0.05, 0.1) is 6.61 Å². The lowest BCUT2D eigenvalue weighted by Crippen LogP contribution is -2.18. The molecule has 0 aromatic heterocycles. The average Bonchev–Trinajstić information content (AvgIpc) is 2.67. The quantitative estimate of drug-likeness (QED) is 0.616. The van der Waals surface area contributed by atoms with Crippen molar-refractivity contribution in [3.8, 4) is 0 Å². The van der Waals surface area contributed by atoms with Crippen molar-refractivity contribution < 1.29 is 9.53 Å². The van der Waals surface area contributed by atoms with E-state index in [1.54, 1.807) is 11.8 Å². The molecule has 0 aliphatic carbocycles. The number of esters is 1. The molecule has 0 amide bonds. The first kappa shape index (κ1) is 15.4. The van der Waals surface area contributed by atoms with Crippen molar-refractivity contribution in [1.29, 1.82) is 0 Å². The molecule has 1 heterocycles. The van der Waals surface area contributed by atoms with Gasteiger partial charge in [-0.3, -0.25) is 4.79 Å². The highest BCUT2D eigenvalue weighted by Crippen LogP contribution is 2.54. The molecule has 0 radical (unpaired) electrons. The summed E-state index contributed by atoms with van der Waals surface area (Å²) in [5.41, 5.74) is 2.36. The zero-order valence-electron chi connectivity index (χ0n) is 12.7. The molecule has 110 valence electrons. The Balaban J connectivity index is 1.98. The van der Waals surface area contributed by atoms with E-state index < -0.39 is 0 Å². The summed E-state index contributed by atoms with van der Waals surface area (Å²) in [7, 11) is 4.04. The molecule has 0 fully saturated rings. The van der Waals surface area contributed by atoms with Crippen LogP contribution in [0.15, 0.2) is 24.3 Å². The maximum absolute atomic E-state index is 12.3. The van der Waals surface area contributed by atoms with Crippen LogP contribution in [0.25, 0.3) is 0 Å². The number of rotatable bonds is 5. The molecule has 3 nitrogen and oxygen atoms in total. The normalized spacial score (nSPS) is 19.9. The number of hydrogen-bond donors (Lipinski definition) is 0. The van der Waals surface area contributed by atoms with Crippen LogP contribution in [0, 0.1) is 0 Å². The molecule has 1 atom stereocenters. The van der Waals surface area contributed by atoms with Crippen LogP contribution in [0.4, 0.5) is 0 Å². The van der Waals surface area contributed by atoms with Crippen molar-refractivity contribution in [1.82, 2.24) is 4.90 Å². The number of thioether (sulfide) groups is 1. The van der Waals surface area contributed by atoms with E-state index in [0.717, 1.165) is 18.5 Å². The molecule has 0 spiro atoms. The Kier molecular flexibility index (Phi) is 4.76. The standard InChI is InChI=1S/C16H23NO2S/c1-16(2)13-9-6-5-8-12(13)14(20-16)15(18)19-11-7-10-17(3)4/h5-6,8-9,14H,7,10-11H2,1-4H3. The van der Waals surface area contributed by atoms with E-state index in [1.165, 1.54) is 5.56 Å². The summed E-state index contributed by atoms with van der Waals surface area (Å²) >= 11 is 1.68. The number of carbonyl (C=O) groups is 1. The molecular weight excluding hydrogens is 270 g/mol. The fourth-order valence-corrected chi connectivity index (χ4v) is 3.90. The summed E-state index contributed by atoms with van der Waals surface area (Å²) < 4.78 is 5.42. The lowest BCUT2D eigenvalue weighted by molar-refractivity contribution is -0.143. The molecule has 0 N–H and O–H groups in total. The molecule has 1 aromatic rings. The first-order valence-electron chi connectivity index (χ1n) is 7.00. The molecule has 2 rings (SSSR count). The number of fused-ring (bicyclic) bond motifs is 1. The molecule has 0 bridgehead atoms. The van der Waals surface area contributed by atoms with E-state index in [4.69, 9.17) is 4.74 Å². The number of carbonyl (C=O) groups excluding carboxylic acids is 1. The third-order valence-electron chi connectivity index (χ3n) is 3.51. The van der Waals surface area contributed by atoms with Gasteiger partial charge in [0.2, 0.25) is 0 Å². The minimum atomic E-state index is -0.180. The van der Waals surface area contributed by atoms with E-state index in [2.05, 4.69) is 24.8 Å². The van der Waals surface area contributed by atoms with Gasteiger partial charge in [-0.05, 0) is 45.5 Å².